The lowest BCUT2D eigenvalue weighted by Gasteiger charge is -2.09. The molecule has 0 radical (unpaired) electrons. The van der Waals surface area contributed by atoms with Gasteiger partial charge in [0, 0.05) is 0 Å². The zero-order valence-electron chi connectivity index (χ0n) is 19.8. The van der Waals surface area contributed by atoms with Crippen LogP contribution < -0.4 is 9.47 Å². The fourth-order valence-electron chi connectivity index (χ4n) is 3.47. The van der Waals surface area contributed by atoms with Crippen LogP contribution in [0.3, 0.4) is 0 Å². The lowest BCUT2D eigenvalue weighted by atomic mass is 9.97. The molecule has 0 heterocycles. The summed E-state index contributed by atoms with van der Waals surface area (Å²) in [5, 5.41) is 0. The molecule has 0 N–H and O–H groups in total. The van der Waals surface area contributed by atoms with Gasteiger partial charge in [-0.2, -0.15) is 0 Å². The van der Waals surface area contributed by atoms with E-state index in [1.807, 2.05) is 42.5 Å². The van der Waals surface area contributed by atoms with E-state index in [1.165, 1.54) is 18.4 Å². The number of ether oxygens (including phenoxy) is 2. The third kappa shape index (κ3) is 7.64. The molecule has 0 fully saturated rings. The Bertz CT molecular complexity index is 1000. The number of carbonyl (C=O) groups excluding carboxylic acids is 1. The van der Waals surface area contributed by atoms with E-state index in [0.717, 1.165) is 42.1 Å². The monoisotopic (exact) mass is 442 g/mol. The number of carbonyl (C=O) groups is 1. The number of hydrogen-bond donors (Lipinski definition) is 0. The van der Waals surface area contributed by atoms with Gasteiger partial charge in [0.25, 0.3) is 0 Å². The van der Waals surface area contributed by atoms with Crippen molar-refractivity contribution in [1.29, 1.82) is 0 Å². The average Bonchev–Trinajstić information content (AvgIpc) is 2.86. The van der Waals surface area contributed by atoms with E-state index in [1.54, 1.807) is 12.1 Å². The van der Waals surface area contributed by atoms with Crippen LogP contribution in [0.15, 0.2) is 85.5 Å². The van der Waals surface area contributed by atoms with Gasteiger partial charge in [-0.25, -0.2) is 4.79 Å². The first-order chi connectivity index (χ1) is 16.1. The number of hydrogen-bond acceptors (Lipinski definition) is 3. The second-order valence-electron chi connectivity index (χ2n) is 8.47. The van der Waals surface area contributed by atoms with Gasteiger partial charge in [0.15, 0.2) is 0 Å². The molecule has 0 saturated carbocycles. The molecule has 3 heteroatoms. The number of esters is 1. The molecule has 3 rings (SSSR count). The maximum atomic E-state index is 12.5. The molecular formula is C30H34O3. The Balaban J connectivity index is 1.54. The zero-order chi connectivity index (χ0) is 23.5. The van der Waals surface area contributed by atoms with Crippen LogP contribution in [-0.2, 0) is 6.42 Å². The first-order valence-electron chi connectivity index (χ1n) is 11.8. The summed E-state index contributed by atoms with van der Waals surface area (Å²) < 4.78 is 11.2. The van der Waals surface area contributed by atoms with Crippen molar-refractivity contribution in [1.82, 2.24) is 0 Å². The van der Waals surface area contributed by atoms with Crippen molar-refractivity contribution in [3.05, 3.63) is 96.6 Å². The summed E-state index contributed by atoms with van der Waals surface area (Å²) in [5.41, 5.74) is 4.12. The van der Waals surface area contributed by atoms with Gasteiger partial charge in [-0.3, -0.25) is 0 Å². The molecule has 3 aromatic carbocycles. The van der Waals surface area contributed by atoms with Crippen molar-refractivity contribution >= 4 is 5.97 Å². The largest absolute Gasteiger partial charge is 0.494 e. The highest BCUT2D eigenvalue weighted by Gasteiger charge is 2.09. The molecular weight excluding hydrogens is 408 g/mol. The topological polar surface area (TPSA) is 35.5 Å². The molecule has 0 aliphatic carbocycles. The normalized spacial score (nSPS) is 11.6. The van der Waals surface area contributed by atoms with Gasteiger partial charge >= 0.3 is 5.97 Å². The van der Waals surface area contributed by atoms with E-state index in [-0.39, 0.29) is 5.97 Å². The SMILES string of the molecule is C=CCCCOc1ccc(OC(=O)c2ccc(-c3ccc(CCC(C)CC)cc3)cc2)cc1. The van der Waals surface area contributed by atoms with Crippen LogP contribution >= 0.6 is 0 Å². The molecule has 1 unspecified atom stereocenters. The molecule has 0 amide bonds. The van der Waals surface area contributed by atoms with Crippen molar-refractivity contribution in [2.45, 2.75) is 46.0 Å². The lowest BCUT2D eigenvalue weighted by molar-refractivity contribution is 0.0734. The van der Waals surface area contributed by atoms with Crippen LogP contribution in [0.5, 0.6) is 11.5 Å². The van der Waals surface area contributed by atoms with Gasteiger partial charge in [0.05, 0.1) is 12.2 Å². The van der Waals surface area contributed by atoms with Crippen LogP contribution in [0, 0.1) is 5.92 Å². The summed E-state index contributed by atoms with van der Waals surface area (Å²) in [6.45, 7) is 8.88. The molecule has 1 atom stereocenters. The summed E-state index contributed by atoms with van der Waals surface area (Å²) in [6, 6.07) is 23.4. The lowest BCUT2D eigenvalue weighted by Crippen LogP contribution is -2.08. The predicted molar refractivity (Wildman–Crippen MR) is 136 cm³/mol. The quantitative estimate of drug-likeness (QED) is 0.124. The molecule has 0 aliphatic heterocycles. The Labute approximate surface area is 198 Å². The van der Waals surface area contributed by atoms with E-state index in [9.17, 15) is 4.79 Å². The van der Waals surface area contributed by atoms with Crippen molar-refractivity contribution in [3.63, 3.8) is 0 Å². The predicted octanol–water partition coefficient (Wildman–Crippen LogP) is 7.90. The Morgan fingerprint density at radius 1 is 0.909 bits per heavy atom. The first-order valence-corrected chi connectivity index (χ1v) is 11.8. The van der Waals surface area contributed by atoms with Crippen LogP contribution in [0.2, 0.25) is 0 Å². The van der Waals surface area contributed by atoms with Crippen molar-refractivity contribution in [2.75, 3.05) is 6.61 Å². The summed E-state index contributed by atoms with van der Waals surface area (Å²) in [6.07, 6.45) is 7.30. The molecule has 33 heavy (non-hydrogen) atoms. The Kier molecular flexibility index (Phi) is 9.31. The fourth-order valence-corrected chi connectivity index (χ4v) is 3.47. The first kappa shape index (κ1) is 24.3. The highest BCUT2D eigenvalue weighted by molar-refractivity contribution is 5.91. The van der Waals surface area contributed by atoms with Crippen LogP contribution in [0.4, 0.5) is 0 Å². The van der Waals surface area contributed by atoms with E-state index < -0.39 is 0 Å². The minimum atomic E-state index is -0.374. The second kappa shape index (κ2) is 12.6. The highest BCUT2D eigenvalue weighted by atomic mass is 16.5. The van der Waals surface area contributed by atoms with E-state index in [4.69, 9.17) is 9.47 Å². The van der Waals surface area contributed by atoms with Crippen LogP contribution in [0.1, 0.15) is 55.5 Å². The number of rotatable bonds is 12. The summed E-state index contributed by atoms with van der Waals surface area (Å²) in [4.78, 5) is 12.5. The van der Waals surface area contributed by atoms with Gasteiger partial charge in [0.1, 0.15) is 11.5 Å². The number of unbranched alkanes of at least 4 members (excludes halogenated alkanes) is 1. The Morgan fingerprint density at radius 3 is 2.12 bits per heavy atom. The number of benzene rings is 3. The van der Waals surface area contributed by atoms with Gasteiger partial charge in [-0.05, 0) is 84.7 Å². The molecule has 0 bridgehead atoms. The van der Waals surface area contributed by atoms with Gasteiger partial charge < -0.3 is 9.47 Å². The molecule has 3 nitrogen and oxygen atoms in total. The van der Waals surface area contributed by atoms with Crippen molar-refractivity contribution in [3.8, 4) is 22.6 Å². The van der Waals surface area contributed by atoms with E-state index >= 15 is 0 Å². The average molecular weight is 443 g/mol. The smallest absolute Gasteiger partial charge is 0.343 e. The van der Waals surface area contributed by atoms with Crippen LogP contribution in [0.25, 0.3) is 11.1 Å². The third-order valence-corrected chi connectivity index (χ3v) is 5.89. The van der Waals surface area contributed by atoms with Gasteiger partial charge in [0.2, 0.25) is 0 Å². The second-order valence-corrected chi connectivity index (χ2v) is 8.47. The molecule has 3 aromatic rings. The molecule has 172 valence electrons. The van der Waals surface area contributed by atoms with E-state index in [2.05, 4.69) is 44.7 Å². The Morgan fingerprint density at radius 2 is 1.52 bits per heavy atom. The van der Waals surface area contributed by atoms with Crippen molar-refractivity contribution < 1.29 is 14.3 Å². The standard InChI is InChI=1S/C30H34O3/c1-4-6-7-22-32-28-18-20-29(21-19-28)33-30(31)27-16-14-26(15-17-27)25-12-10-24(11-13-25)9-8-23(3)5-2/h4,10-21,23H,1,5-9,22H2,2-3H3. The minimum absolute atomic E-state index is 0.374. The van der Waals surface area contributed by atoms with Crippen LogP contribution in [-0.4, -0.2) is 12.6 Å². The maximum absolute atomic E-state index is 12.5. The third-order valence-electron chi connectivity index (χ3n) is 5.89. The minimum Gasteiger partial charge on any atom is -0.494 e. The molecule has 0 saturated heterocycles. The molecule has 0 spiro atoms. The number of allylic oxidation sites excluding steroid dienone is 1. The summed E-state index contributed by atoms with van der Waals surface area (Å²) in [5.74, 6) is 1.64. The number of aryl methyl sites for hydroxylation is 1. The molecule has 0 aliphatic rings. The van der Waals surface area contributed by atoms with Gasteiger partial charge in [-0.15, -0.1) is 6.58 Å². The van der Waals surface area contributed by atoms with Crippen molar-refractivity contribution in [2.24, 2.45) is 5.92 Å². The fraction of sp³-hybridized carbons (Fsp3) is 0.300. The maximum Gasteiger partial charge on any atom is 0.343 e. The summed E-state index contributed by atoms with van der Waals surface area (Å²) >= 11 is 0. The van der Waals surface area contributed by atoms with E-state index in [0.29, 0.717) is 17.9 Å². The zero-order valence-corrected chi connectivity index (χ0v) is 19.8. The highest BCUT2D eigenvalue weighted by Crippen LogP contribution is 2.23. The Hall–Kier alpha value is -3.33. The summed E-state index contributed by atoms with van der Waals surface area (Å²) in [7, 11) is 0. The van der Waals surface area contributed by atoms with Gasteiger partial charge in [-0.1, -0.05) is 62.7 Å². The molecule has 0 aromatic heterocycles.